The smallest absolute Gasteiger partial charge is 0.147 e. The Morgan fingerprint density at radius 2 is 1.27 bits per heavy atom. The first-order valence-corrected chi connectivity index (χ1v) is 14.2. The first-order chi connectivity index (χ1) is 20.3. The van der Waals surface area contributed by atoms with Crippen LogP contribution in [0, 0.1) is 0 Å². The highest BCUT2D eigenvalue weighted by atomic mass is 16.3. The largest absolute Gasteiger partial charge is 0.455 e. The predicted molar refractivity (Wildman–Crippen MR) is 170 cm³/mol. The molecule has 1 aliphatic heterocycles. The second-order valence-electron chi connectivity index (χ2n) is 10.9. The maximum absolute atomic E-state index is 6.52. The summed E-state index contributed by atoms with van der Waals surface area (Å²) in [6.45, 7) is 2.22. The van der Waals surface area contributed by atoms with Gasteiger partial charge in [-0.3, -0.25) is 0 Å². The molecule has 0 radical (unpaired) electrons. The molecule has 3 heterocycles. The molecule has 0 bridgehead atoms. The highest BCUT2D eigenvalue weighted by molar-refractivity contribution is 6.22. The van der Waals surface area contributed by atoms with Gasteiger partial charge in [0.2, 0.25) is 0 Å². The molecule has 6 aromatic carbocycles. The molecule has 0 aliphatic carbocycles. The molecule has 9 rings (SSSR count). The van der Waals surface area contributed by atoms with Gasteiger partial charge < -0.3 is 19.1 Å². The number of rotatable bonds is 3. The number of hydrogen-bond acceptors (Lipinski definition) is 4. The van der Waals surface area contributed by atoms with Crippen LogP contribution >= 0.6 is 0 Å². The van der Waals surface area contributed by atoms with Gasteiger partial charge >= 0.3 is 0 Å². The fraction of sp³-hybridized carbons (Fsp3) is 0.0811. The first kappa shape index (κ1) is 22.6. The summed E-state index contributed by atoms with van der Waals surface area (Å²) in [5.74, 6) is 0. The fourth-order valence-electron chi connectivity index (χ4n) is 6.66. The van der Waals surface area contributed by atoms with E-state index in [1.54, 1.807) is 0 Å². The van der Waals surface area contributed by atoms with E-state index in [1.165, 1.54) is 27.8 Å². The molecule has 196 valence electrons. The van der Waals surface area contributed by atoms with Gasteiger partial charge in [-0.1, -0.05) is 73.7 Å². The number of para-hydroxylation sites is 4. The van der Waals surface area contributed by atoms with Crippen molar-refractivity contribution in [1.82, 2.24) is 0 Å². The molecule has 1 atom stereocenters. The van der Waals surface area contributed by atoms with Crippen LogP contribution in [0.25, 0.3) is 65.8 Å². The number of benzene rings is 6. The molecular formula is C37H26N2O2. The quantitative estimate of drug-likeness (QED) is 0.247. The molecule has 2 aromatic heterocycles. The molecule has 4 nitrogen and oxygen atoms in total. The fourth-order valence-corrected chi connectivity index (χ4v) is 6.66. The van der Waals surface area contributed by atoms with Crippen LogP contribution in [0.15, 0.2) is 124 Å². The molecule has 0 spiro atoms. The molecule has 0 amide bonds. The highest BCUT2D eigenvalue weighted by Gasteiger charge is 2.28. The zero-order valence-corrected chi connectivity index (χ0v) is 22.5. The summed E-state index contributed by atoms with van der Waals surface area (Å²) in [6.07, 6.45) is 1.23. The molecule has 41 heavy (non-hydrogen) atoms. The summed E-state index contributed by atoms with van der Waals surface area (Å²) >= 11 is 0. The van der Waals surface area contributed by atoms with Gasteiger partial charge in [0.05, 0.1) is 16.9 Å². The maximum atomic E-state index is 6.52. The van der Waals surface area contributed by atoms with Crippen LogP contribution in [0.1, 0.15) is 13.3 Å². The number of nitrogens with zero attached hydrogens (tertiary/aromatic N) is 1. The standard InChI is InChI=1S/C37H26N2O2/c1-2-34-38-30-11-5-6-12-31(30)39(34)25-18-17-22-19-24(16-15-23(22)20-25)35-36-28(26-9-3-7-13-32(26)40-36)21-29-27-10-4-8-14-33(27)41-37(29)35/h3-21,34,38H,2H2,1H3. The van der Waals surface area contributed by atoms with Crippen LogP contribution in [0.4, 0.5) is 17.1 Å². The Morgan fingerprint density at radius 3 is 2.00 bits per heavy atom. The predicted octanol–water partition coefficient (Wildman–Crippen LogP) is 10.6. The topological polar surface area (TPSA) is 41.5 Å². The van der Waals surface area contributed by atoms with Crippen LogP contribution in [0.3, 0.4) is 0 Å². The lowest BCUT2D eigenvalue weighted by Crippen LogP contribution is -2.30. The summed E-state index contributed by atoms with van der Waals surface area (Å²) in [4.78, 5) is 2.41. The average molecular weight is 531 g/mol. The molecule has 0 saturated carbocycles. The Kier molecular flexibility index (Phi) is 4.62. The SMILES string of the molecule is CCC1Nc2ccccc2N1c1ccc2cc(-c3c4oc5ccccc5c4cc4c3oc3ccccc34)ccc2c1. The summed E-state index contributed by atoms with van der Waals surface area (Å²) in [6, 6.07) is 40.8. The Labute approximate surface area is 236 Å². The Morgan fingerprint density at radius 1 is 0.634 bits per heavy atom. The minimum Gasteiger partial charge on any atom is -0.455 e. The van der Waals surface area contributed by atoms with E-state index in [1.807, 2.05) is 24.3 Å². The third kappa shape index (κ3) is 3.22. The molecule has 8 aromatic rings. The van der Waals surface area contributed by atoms with Crippen molar-refractivity contribution in [3.8, 4) is 11.1 Å². The lowest BCUT2D eigenvalue weighted by molar-refractivity contribution is 0.658. The van der Waals surface area contributed by atoms with Gasteiger partial charge in [0, 0.05) is 27.2 Å². The number of hydrogen-bond donors (Lipinski definition) is 1. The molecule has 4 heteroatoms. The zero-order chi connectivity index (χ0) is 27.1. The van der Waals surface area contributed by atoms with Crippen molar-refractivity contribution in [3.05, 3.63) is 115 Å². The summed E-state index contributed by atoms with van der Waals surface area (Å²) in [5.41, 5.74) is 9.17. The molecule has 1 N–H and O–H groups in total. The van der Waals surface area contributed by atoms with Gasteiger partial charge in [-0.2, -0.15) is 0 Å². The van der Waals surface area contributed by atoms with Crippen LogP contribution in [0.5, 0.6) is 0 Å². The van der Waals surface area contributed by atoms with Crippen LogP contribution in [0.2, 0.25) is 0 Å². The summed E-state index contributed by atoms with van der Waals surface area (Å²) in [5, 5.41) is 10.5. The van der Waals surface area contributed by atoms with E-state index < -0.39 is 0 Å². The second-order valence-corrected chi connectivity index (χ2v) is 10.9. The van der Waals surface area contributed by atoms with Crippen molar-refractivity contribution in [2.24, 2.45) is 0 Å². The van der Waals surface area contributed by atoms with E-state index in [0.29, 0.717) is 0 Å². The van der Waals surface area contributed by atoms with E-state index >= 15 is 0 Å². The van der Waals surface area contributed by atoms with Crippen LogP contribution in [-0.2, 0) is 0 Å². The summed E-state index contributed by atoms with van der Waals surface area (Å²) < 4.78 is 13.0. The number of fused-ring (bicyclic) bond motifs is 8. The van der Waals surface area contributed by atoms with Crippen molar-refractivity contribution in [1.29, 1.82) is 0 Å². The monoisotopic (exact) mass is 530 g/mol. The Hall–Kier alpha value is -5.22. The van der Waals surface area contributed by atoms with Gasteiger partial charge in [-0.15, -0.1) is 0 Å². The highest BCUT2D eigenvalue weighted by Crippen LogP contribution is 2.46. The number of anilines is 3. The Bertz CT molecular complexity index is 2220. The summed E-state index contributed by atoms with van der Waals surface area (Å²) in [7, 11) is 0. The third-order valence-corrected chi connectivity index (χ3v) is 8.59. The first-order valence-electron chi connectivity index (χ1n) is 14.2. The van der Waals surface area contributed by atoms with E-state index in [-0.39, 0.29) is 6.17 Å². The minimum atomic E-state index is 0.233. The van der Waals surface area contributed by atoms with E-state index in [0.717, 1.165) is 61.4 Å². The lowest BCUT2D eigenvalue weighted by Gasteiger charge is -2.26. The Balaban J connectivity index is 1.26. The normalized spacial score (nSPS) is 15.0. The molecule has 1 aliphatic rings. The number of furan rings is 2. The van der Waals surface area contributed by atoms with Gasteiger partial charge in [-0.05, 0) is 71.3 Å². The molecular weight excluding hydrogens is 504 g/mol. The van der Waals surface area contributed by atoms with Crippen molar-refractivity contribution in [3.63, 3.8) is 0 Å². The van der Waals surface area contributed by atoms with Gasteiger partial charge in [-0.25, -0.2) is 0 Å². The zero-order valence-electron chi connectivity index (χ0n) is 22.5. The van der Waals surface area contributed by atoms with Gasteiger partial charge in [0.1, 0.15) is 28.5 Å². The maximum Gasteiger partial charge on any atom is 0.147 e. The van der Waals surface area contributed by atoms with Crippen LogP contribution in [-0.4, -0.2) is 6.17 Å². The van der Waals surface area contributed by atoms with Gasteiger partial charge in [0.15, 0.2) is 0 Å². The van der Waals surface area contributed by atoms with Gasteiger partial charge in [0.25, 0.3) is 0 Å². The van der Waals surface area contributed by atoms with Crippen molar-refractivity contribution < 1.29 is 8.83 Å². The average Bonchev–Trinajstić information content (AvgIpc) is 3.70. The molecule has 1 unspecified atom stereocenters. The molecule has 0 fully saturated rings. The second kappa shape index (κ2) is 8.39. The van der Waals surface area contributed by atoms with Crippen molar-refractivity contribution in [2.45, 2.75) is 19.5 Å². The van der Waals surface area contributed by atoms with Crippen LogP contribution < -0.4 is 10.2 Å². The van der Waals surface area contributed by atoms with Crippen molar-refractivity contribution in [2.75, 3.05) is 10.2 Å². The number of nitrogens with one attached hydrogen (secondary N) is 1. The van der Waals surface area contributed by atoms with E-state index in [2.05, 4.69) is 108 Å². The van der Waals surface area contributed by atoms with Crippen molar-refractivity contribution >= 4 is 71.7 Å². The third-order valence-electron chi connectivity index (χ3n) is 8.59. The van der Waals surface area contributed by atoms with E-state index in [4.69, 9.17) is 8.83 Å². The minimum absolute atomic E-state index is 0.233. The van der Waals surface area contributed by atoms with E-state index in [9.17, 15) is 0 Å². The molecule has 0 saturated heterocycles. The lowest BCUT2D eigenvalue weighted by atomic mass is 9.96.